The molecule has 1 aliphatic heterocycles. The van der Waals surface area contributed by atoms with E-state index >= 15 is 0 Å². The van der Waals surface area contributed by atoms with Crippen molar-refractivity contribution in [2.45, 2.75) is 65.1 Å². The summed E-state index contributed by atoms with van der Waals surface area (Å²) < 4.78 is 11.3. The minimum absolute atomic E-state index is 0.171. The third-order valence-electron chi connectivity index (χ3n) is 3.47. The maximum atomic E-state index is 12.3. The zero-order chi connectivity index (χ0) is 19.4. The molecule has 1 fully saturated rings. The van der Waals surface area contributed by atoms with Gasteiger partial charge in [-0.1, -0.05) is 25.6 Å². The molecule has 0 radical (unpaired) electrons. The molecule has 144 valence electrons. The summed E-state index contributed by atoms with van der Waals surface area (Å²) in [4.78, 5) is 15.6. The number of hydrogen-bond donors (Lipinski definition) is 0. The van der Waals surface area contributed by atoms with Crippen LogP contribution in [0.25, 0.3) is 0 Å². The molecule has 0 aromatic carbocycles. The van der Waals surface area contributed by atoms with E-state index in [0.717, 1.165) is 6.42 Å². The predicted molar refractivity (Wildman–Crippen MR) is 102 cm³/mol. The molecule has 7 nitrogen and oxygen atoms in total. The number of ether oxygens (including phenoxy) is 2. The molecule has 1 atom stereocenters. The lowest BCUT2D eigenvalue weighted by atomic mass is 10.2. The first-order chi connectivity index (χ1) is 12.0. The predicted octanol–water partition coefficient (Wildman–Crippen LogP) is 2.53. The molecule has 1 aromatic rings. The molecule has 1 unspecified atom stereocenters. The largest absolute Gasteiger partial charge is 0.444 e. The highest BCUT2D eigenvalue weighted by atomic mass is 28.3. The Labute approximate surface area is 157 Å². The number of hydrogen-bond acceptors (Lipinski definition) is 5. The Kier molecular flexibility index (Phi) is 6.47. The van der Waals surface area contributed by atoms with Crippen molar-refractivity contribution in [2.75, 3.05) is 19.7 Å². The normalized spacial score (nSPS) is 18.7. The molecular weight excluding hydrogens is 348 g/mol. The van der Waals surface area contributed by atoms with Gasteiger partial charge in [-0.05, 0) is 27.2 Å². The average Bonchev–Trinajstić information content (AvgIpc) is 2.79. The molecule has 1 aromatic heterocycles. The van der Waals surface area contributed by atoms with Gasteiger partial charge in [-0.25, -0.2) is 4.79 Å². The molecule has 8 heteroatoms. The number of nitrogens with zero attached hydrogens (tertiary/aromatic N) is 4. The van der Waals surface area contributed by atoms with E-state index < -0.39 is 13.7 Å². The maximum absolute atomic E-state index is 12.3. The number of amides is 1. The molecule has 0 aliphatic carbocycles. The molecule has 0 saturated carbocycles. The van der Waals surface area contributed by atoms with Crippen molar-refractivity contribution in [1.82, 2.24) is 19.9 Å². The third-order valence-corrected chi connectivity index (χ3v) is 4.35. The Balaban J connectivity index is 1.99. The Morgan fingerprint density at radius 3 is 2.81 bits per heavy atom. The Morgan fingerprint density at radius 1 is 1.42 bits per heavy atom. The standard InChI is InChI=1S/C18H30N4O3Si/c1-18(2,3)25-17(23)21-9-7-10-24-16(13-21)14-22-19-12-15(20-22)8-11-26(4,5)6/h12,16H,7,9-10,13-14H2,1-6H3. The van der Waals surface area contributed by atoms with E-state index in [2.05, 4.69) is 41.3 Å². The Hall–Kier alpha value is -1.85. The molecular formula is C18H30N4O3Si. The Morgan fingerprint density at radius 2 is 2.15 bits per heavy atom. The van der Waals surface area contributed by atoms with Crippen molar-refractivity contribution in [3.63, 3.8) is 0 Å². The summed E-state index contributed by atoms with van der Waals surface area (Å²) in [5.41, 5.74) is 3.45. The van der Waals surface area contributed by atoms with Gasteiger partial charge in [0, 0.05) is 13.2 Å². The molecule has 1 amide bonds. The minimum Gasteiger partial charge on any atom is -0.444 e. The topological polar surface area (TPSA) is 69.5 Å². The fraction of sp³-hybridized carbons (Fsp3) is 0.722. The molecule has 2 rings (SSSR count). The fourth-order valence-electron chi connectivity index (χ4n) is 2.37. The van der Waals surface area contributed by atoms with Crippen LogP contribution in [0, 0.1) is 11.5 Å². The average molecular weight is 379 g/mol. The number of carbonyl (C=O) groups is 1. The second-order valence-electron chi connectivity index (χ2n) is 8.56. The molecule has 2 heterocycles. The van der Waals surface area contributed by atoms with Gasteiger partial charge in [-0.3, -0.25) is 0 Å². The highest BCUT2D eigenvalue weighted by Gasteiger charge is 2.27. The van der Waals surface area contributed by atoms with Gasteiger partial charge in [0.25, 0.3) is 0 Å². The number of rotatable bonds is 2. The highest BCUT2D eigenvalue weighted by Crippen LogP contribution is 2.14. The SMILES string of the molecule is CC(C)(C)OC(=O)N1CCCOC(Cn2ncc(C#C[Si](C)(C)C)n2)C1. The highest BCUT2D eigenvalue weighted by molar-refractivity contribution is 6.83. The zero-order valence-corrected chi connectivity index (χ0v) is 17.7. The van der Waals surface area contributed by atoms with E-state index in [1.165, 1.54) is 0 Å². The van der Waals surface area contributed by atoms with E-state index in [0.29, 0.717) is 31.9 Å². The van der Waals surface area contributed by atoms with Crippen molar-refractivity contribution in [2.24, 2.45) is 0 Å². The summed E-state index contributed by atoms with van der Waals surface area (Å²) in [6.45, 7) is 14.4. The lowest BCUT2D eigenvalue weighted by Crippen LogP contribution is -2.41. The second-order valence-corrected chi connectivity index (χ2v) is 13.3. The van der Waals surface area contributed by atoms with Crippen LogP contribution in [0.1, 0.15) is 32.9 Å². The van der Waals surface area contributed by atoms with Crippen LogP contribution in [0.2, 0.25) is 19.6 Å². The van der Waals surface area contributed by atoms with Crippen LogP contribution >= 0.6 is 0 Å². The van der Waals surface area contributed by atoms with Crippen LogP contribution in [0.3, 0.4) is 0 Å². The maximum Gasteiger partial charge on any atom is 0.410 e. The van der Waals surface area contributed by atoms with Crippen LogP contribution in [-0.4, -0.2) is 65.5 Å². The smallest absolute Gasteiger partial charge is 0.410 e. The summed E-state index contributed by atoms with van der Waals surface area (Å²) in [7, 11) is -1.44. The summed E-state index contributed by atoms with van der Waals surface area (Å²) >= 11 is 0. The number of aromatic nitrogens is 3. The van der Waals surface area contributed by atoms with E-state index in [-0.39, 0.29) is 12.2 Å². The van der Waals surface area contributed by atoms with Crippen molar-refractivity contribution in [3.8, 4) is 11.5 Å². The van der Waals surface area contributed by atoms with Gasteiger partial charge in [0.2, 0.25) is 0 Å². The quantitative estimate of drug-likeness (QED) is 0.584. The lowest BCUT2D eigenvalue weighted by molar-refractivity contribution is 0.00923. The molecule has 26 heavy (non-hydrogen) atoms. The Bertz CT molecular complexity index is 679. The molecule has 0 bridgehead atoms. The summed E-state index contributed by atoms with van der Waals surface area (Å²) in [6, 6.07) is 0. The van der Waals surface area contributed by atoms with Crippen LogP contribution < -0.4 is 0 Å². The van der Waals surface area contributed by atoms with Crippen molar-refractivity contribution in [3.05, 3.63) is 11.9 Å². The molecule has 0 N–H and O–H groups in total. The molecule has 0 spiro atoms. The second kappa shape index (κ2) is 8.23. The van der Waals surface area contributed by atoms with Gasteiger partial charge in [0.05, 0.1) is 25.4 Å². The van der Waals surface area contributed by atoms with Crippen LogP contribution in [-0.2, 0) is 16.0 Å². The van der Waals surface area contributed by atoms with Gasteiger partial charge in [-0.2, -0.15) is 9.90 Å². The summed E-state index contributed by atoms with van der Waals surface area (Å²) in [6.07, 6.45) is 1.99. The van der Waals surface area contributed by atoms with Gasteiger partial charge in [0.15, 0.2) is 5.69 Å². The summed E-state index contributed by atoms with van der Waals surface area (Å²) in [5.74, 6) is 3.10. The molecule has 1 saturated heterocycles. The van der Waals surface area contributed by atoms with E-state index in [4.69, 9.17) is 9.47 Å². The van der Waals surface area contributed by atoms with E-state index in [1.54, 1.807) is 15.9 Å². The van der Waals surface area contributed by atoms with Crippen LogP contribution in [0.4, 0.5) is 4.79 Å². The third kappa shape index (κ3) is 7.18. The minimum atomic E-state index is -1.44. The van der Waals surface area contributed by atoms with E-state index in [1.807, 2.05) is 20.8 Å². The van der Waals surface area contributed by atoms with Gasteiger partial charge < -0.3 is 14.4 Å². The van der Waals surface area contributed by atoms with Gasteiger partial charge >= 0.3 is 6.09 Å². The van der Waals surface area contributed by atoms with Crippen LogP contribution in [0.15, 0.2) is 6.20 Å². The first kappa shape index (κ1) is 20.5. The van der Waals surface area contributed by atoms with E-state index in [9.17, 15) is 4.79 Å². The lowest BCUT2D eigenvalue weighted by Gasteiger charge is -2.27. The van der Waals surface area contributed by atoms with Gasteiger partial charge in [0.1, 0.15) is 13.7 Å². The first-order valence-electron chi connectivity index (χ1n) is 9.05. The summed E-state index contributed by atoms with van der Waals surface area (Å²) in [5, 5.41) is 8.68. The van der Waals surface area contributed by atoms with Crippen molar-refractivity contribution in [1.29, 1.82) is 0 Å². The van der Waals surface area contributed by atoms with Crippen LogP contribution in [0.5, 0.6) is 0 Å². The monoisotopic (exact) mass is 378 g/mol. The molecule has 1 aliphatic rings. The number of carbonyl (C=O) groups excluding carboxylic acids is 1. The van der Waals surface area contributed by atoms with Crippen molar-refractivity contribution >= 4 is 14.2 Å². The van der Waals surface area contributed by atoms with Crippen molar-refractivity contribution < 1.29 is 14.3 Å². The zero-order valence-electron chi connectivity index (χ0n) is 16.7. The first-order valence-corrected chi connectivity index (χ1v) is 12.5. The fourth-order valence-corrected chi connectivity index (χ4v) is 2.88. The van der Waals surface area contributed by atoms with Gasteiger partial charge in [-0.15, -0.1) is 10.6 Å².